The smallest absolute Gasteiger partial charge is 0.410 e. The topological polar surface area (TPSA) is 106 Å². The van der Waals surface area contributed by atoms with Crippen molar-refractivity contribution in [2.45, 2.75) is 83.3 Å². The van der Waals surface area contributed by atoms with Gasteiger partial charge in [0.15, 0.2) is 0 Å². The van der Waals surface area contributed by atoms with Crippen molar-refractivity contribution >= 4 is 34.5 Å². The third kappa shape index (κ3) is 4.92. The zero-order valence-corrected chi connectivity index (χ0v) is 21.7. The van der Waals surface area contributed by atoms with Gasteiger partial charge in [0.1, 0.15) is 5.60 Å². The first-order valence-corrected chi connectivity index (χ1v) is 13.1. The van der Waals surface area contributed by atoms with E-state index >= 15 is 0 Å². The van der Waals surface area contributed by atoms with E-state index in [2.05, 4.69) is 27.9 Å². The molecule has 3 heterocycles. The summed E-state index contributed by atoms with van der Waals surface area (Å²) in [5.74, 6) is -0.875. The predicted octanol–water partition coefficient (Wildman–Crippen LogP) is 4.08. The average Bonchev–Trinajstić information content (AvgIpc) is 3.36. The van der Waals surface area contributed by atoms with Gasteiger partial charge in [0, 0.05) is 43.7 Å². The summed E-state index contributed by atoms with van der Waals surface area (Å²) in [7, 11) is 1.89. The van der Waals surface area contributed by atoms with E-state index in [0.29, 0.717) is 18.9 Å². The molecule has 9 nitrogen and oxygen atoms in total. The fraction of sp³-hybridized carbons (Fsp3) is 0.630. The molecule has 2 N–H and O–H groups in total. The Balaban J connectivity index is 1.21. The number of rotatable bonds is 3. The second-order valence-electron chi connectivity index (χ2n) is 11.8. The number of aromatic nitrogens is 2. The Bertz CT molecular complexity index is 1190. The highest BCUT2D eigenvalue weighted by Gasteiger charge is 2.43. The van der Waals surface area contributed by atoms with Crippen LogP contribution in [0.15, 0.2) is 18.2 Å². The number of carbonyl (C=O) groups is 3. The molecule has 1 aromatic heterocycles. The van der Waals surface area contributed by atoms with Gasteiger partial charge in [-0.25, -0.2) is 4.79 Å². The molecule has 1 aromatic carbocycles. The van der Waals surface area contributed by atoms with Crippen LogP contribution in [0.3, 0.4) is 0 Å². The summed E-state index contributed by atoms with van der Waals surface area (Å²) in [6.45, 7) is 7.29. The van der Waals surface area contributed by atoms with Gasteiger partial charge in [-0.2, -0.15) is 5.10 Å². The van der Waals surface area contributed by atoms with Crippen molar-refractivity contribution in [2.24, 2.45) is 12.5 Å². The van der Waals surface area contributed by atoms with Gasteiger partial charge in [0.2, 0.25) is 11.8 Å². The Morgan fingerprint density at radius 2 is 1.92 bits per heavy atom. The van der Waals surface area contributed by atoms with Gasteiger partial charge in [-0.1, -0.05) is 0 Å². The number of aryl methyl sites for hydroxylation is 1. The highest BCUT2D eigenvalue weighted by Crippen LogP contribution is 2.44. The Morgan fingerprint density at radius 3 is 2.61 bits per heavy atom. The van der Waals surface area contributed by atoms with Crippen molar-refractivity contribution in [3.8, 4) is 0 Å². The molecule has 194 valence electrons. The molecule has 1 unspecified atom stereocenters. The minimum absolute atomic E-state index is 0.194. The first-order chi connectivity index (χ1) is 17.0. The fourth-order valence-corrected chi connectivity index (χ4v) is 6.02. The zero-order valence-electron chi connectivity index (χ0n) is 21.7. The number of likely N-dealkylation sites (tertiary alicyclic amines) is 1. The maximum absolute atomic E-state index is 12.5. The number of carbonyl (C=O) groups excluding carboxylic acids is 3. The standard InChI is InChI=1S/C27H37N5O4/c1-26(2,3)36-25(35)32-14-13-27(16-32)11-9-17(10-12-27)28-18-5-6-19-21(15-18)31(4)30-23(19)20-7-8-22(33)29-24(20)34/h5-6,15,17,20,28H,7-14,16H2,1-4H3,(H,29,33,34). The number of ether oxygens (including phenoxy) is 1. The van der Waals surface area contributed by atoms with Gasteiger partial charge in [-0.15, -0.1) is 0 Å². The lowest BCUT2D eigenvalue weighted by molar-refractivity contribution is -0.134. The molecule has 0 bridgehead atoms. The van der Waals surface area contributed by atoms with Gasteiger partial charge >= 0.3 is 6.09 Å². The van der Waals surface area contributed by atoms with E-state index in [4.69, 9.17) is 4.74 Å². The molecule has 1 saturated carbocycles. The predicted molar refractivity (Wildman–Crippen MR) is 137 cm³/mol. The maximum Gasteiger partial charge on any atom is 0.410 e. The zero-order chi connectivity index (χ0) is 25.7. The number of nitrogens with one attached hydrogen (secondary N) is 2. The summed E-state index contributed by atoms with van der Waals surface area (Å²) in [6, 6.07) is 6.57. The molecule has 9 heteroatoms. The summed E-state index contributed by atoms with van der Waals surface area (Å²) < 4.78 is 7.40. The van der Waals surface area contributed by atoms with Gasteiger partial charge in [-0.05, 0) is 82.9 Å². The number of piperidine rings is 1. The first-order valence-electron chi connectivity index (χ1n) is 13.1. The summed E-state index contributed by atoms with van der Waals surface area (Å²) in [5.41, 5.74) is 2.49. The van der Waals surface area contributed by atoms with E-state index in [1.807, 2.05) is 43.5 Å². The molecule has 1 atom stereocenters. The minimum Gasteiger partial charge on any atom is -0.444 e. The number of nitrogens with zero attached hydrogens (tertiary/aromatic N) is 3. The van der Waals surface area contributed by atoms with Crippen molar-refractivity contribution in [1.82, 2.24) is 20.0 Å². The van der Waals surface area contributed by atoms with E-state index in [0.717, 1.165) is 67.5 Å². The monoisotopic (exact) mass is 495 g/mol. The van der Waals surface area contributed by atoms with Crippen LogP contribution in [0.5, 0.6) is 0 Å². The summed E-state index contributed by atoms with van der Waals surface area (Å²) >= 11 is 0. The summed E-state index contributed by atoms with van der Waals surface area (Å²) in [4.78, 5) is 38.3. The number of amides is 3. The first kappa shape index (κ1) is 24.6. The molecule has 2 saturated heterocycles. The van der Waals surface area contributed by atoms with E-state index in [-0.39, 0.29) is 23.3 Å². The molecule has 2 aromatic rings. The van der Waals surface area contributed by atoms with Gasteiger partial charge < -0.3 is 15.0 Å². The average molecular weight is 496 g/mol. The van der Waals surface area contributed by atoms with Crippen LogP contribution in [-0.4, -0.2) is 57.3 Å². The largest absolute Gasteiger partial charge is 0.444 e. The van der Waals surface area contributed by atoms with Crippen molar-refractivity contribution in [2.75, 3.05) is 18.4 Å². The normalized spacial score (nSPS) is 26.9. The van der Waals surface area contributed by atoms with E-state index in [1.165, 1.54) is 0 Å². The second kappa shape index (κ2) is 9.09. The number of anilines is 1. The van der Waals surface area contributed by atoms with Crippen LogP contribution in [0, 0.1) is 5.41 Å². The molecule has 36 heavy (non-hydrogen) atoms. The minimum atomic E-state index is -0.466. The lowest BCUT2D eigenvalue weighted by atomic mass is 9.72. The highest BCUT2D eigenvalue weighted by atomic mass is 16.6. The maximum atomic E-state index is 12.5. The molecule has 1 spiro atoms. The van der Waals surface area contributed by atoms with Crippen LogP contribution in [0.1, 0.15) is 77.3 Å². The molecule has 3 amide bonds. The van der Waals surface area contributed by atoms with Crippen LogP contribution in [-0.2, 0) is 21.4 Å². The quantitative estimate of drug-likeness (QED) is 0.622. The van der Waals surface area contributed by atoms with Crippen LogP contribution >= 0.6 is 0 Å². The van der Waals surface area contributed by atoms with Crippen molar-refractivity contribution in [3.05, 3.63) is 23.9 Å². The molecule has 3 fully saturated rings. The molecule has 1 aliphatic carbocycles. The van der Waals surface area contributed by atoms with E-state index in [9.17, 15) is 14.4 Å². The Morgan fingerprint density at radius 1 is 1.17 bits per heavy atom. The molecule has 0 radical (unpaired) electrons. The Hall–Kier alpha value is -3.10. The second-order valence-corrected chi connectivity index (χ2v) is 11.8. The number of benzene rings is 1. The number of fused-ring (bicyclic) bond motifs is 1. The van der Waals surface area contributed by atoms with Crippen molar-refractivity contribution < 1.29 is 19.1 Å². The molecular formula is C27H37N5O4. The van der Waals surface area contributed by atoms with Crippen molar-refractivity contribution in [3.63, 3.8) is 0 Å². The number of hydrogen-bond donors (Lipinski definition) is 2. The van der Waals surface area contributed by atoms with Crippen molar-refractivity contribution in [1.29, 1.82) is 0 Å². The molecular weight excluding hydrogens is 458 g/mol. The third-order valence-electron chi connectivity index (χ3n) is 7.96. The highest BCUT2D eigenvalue weighted by molar-refractivity contribution is 6.02. The Labute approximate surface area is 211 Å². The van der Waals surface area contributed by atoms with Crippen LogP contribution in [0.25, 0.3) is 10.9 Å². The lowest BCUT2D eigenvalue weighted by Gasteiger charge is -2.37. The fourth-order valence-electron chi connectivity index (χ4n) is 6.02. The van der Waals surface area contributed by atoms with Gasteiger partial charge in [0.05, 0.1) is 17.1 Å². The molecule has 2 aliphatic heterocycles. The van der Waals surface area contributed by atoms with Crippen LogP contribution < -0.4 is 10.6 Å². The number of hydrogen-bond acceptors (Lipinski definition) is 6. The molecule has 3 aliphatic rings. The van der Waals surface area contributed by atoms with Gasteiger partial charge in [0.25, 0.3) is 0 Å². The van der Waals surface area contributed by atoms with Gasteiger partial charge in [-0.3, -0.25) is 19.6 Å². The summed E-state index contributed by atoms with van der Waals surface area (Å²) in [5, 5.41) is 11.7. The molecule has 5 rings (SSSR count). The van der Waals surface area contributed by atoms with Crippen LogP contribution in [0.2, 0.25) is 0 Å². The lowest BCUT2D eigenvalue weighted by Crippen LogP contribution is -2.39. The Kier molecular flexibility index (Phi) is 6.21. The number of imide groups is 1. The SMILES string of the molecule is Cn1nc(C2CCC(=O)NC2=O)c2ccc(NC3CCC4(CC3)CCN(C(=O)OC(C)(C)C)C4)cc21. The van der Waals surface area contributed by atoms with E-state index in [1.54, 1.807) is 0 Å². The summed E-state index contributed by atoms with van der Waals surface area (Å²) in [6.07, 6.45) is 6.00. The third-order valence-corrected chi connectivity index (χ3v) is 7.96. The van der Waals surface area contributed by atoms with Crippen LogP contribution in [0.4, 0.5) is 10.5 Å². The van der Waals surface area contributed by atoms with E-state index < -0.39 is 11.5 Å².